The second kappa shape index (κ2) is 11.1. The highest BCUT2D eigenvalue weighted by atomic mass is 15.0. The summed E-state index contributed by atoms with van der Waals surface area (Å²) >= 11 is 0. The molecule has 4 aromatic heterocycles. The van der Waals surface area contributed by atoms with Gasteiger partial charge >= 0.3 is 0 Å². The number of aromatic nitrogens is 4. The lowest BCUT2D eigenvalue weighted by atomic mass is 9.91. The molecule has 0 aliphatic heterocycles. The summed E-state index contributed by atoms with van der Waals surface area (Å²) in [5, 5.41) is 9.77. The van der Waals surface area contributed by atoms with Crippen LogP contribution in [0.1, 0.15) is 0 Å². The summed E-state index contributed by atoms with van der Waals surface area (Å²) in [6, 6.07) is 61.3. The van der Waals surface area contributed by atoms with Gasteiger partial charge in [0.05, 0.1) is 33.1 Å². The standard InChI is InChI=1S/C50H30N4/c1-3-9-31(10-4-1)33-15-21-37(22-16-33)53-41-13-7-27-51-49(41)47-39-25-20-36-30-44-48(40-26-19-35(29-43(47)53)45(39)46(36)40)50-42(14-8-28-52-50)54(44)38-23-17-34(18-24-38)32-11-5-2-6-12-32/h1-30H. The van der Waals surface area contributed by atoms with Crippen LogP contribution >= 0.6 is 0 Å². The minimum absolute atomic E-state index is 1.01. The van der Waals surface area contributed by atoms with Crippen molar-refractivity contribution in [3.8, 4) is 33.6 Å². The smallest absolute Gasteiger partial charge is 0.0969 e. The van der Waals surface area contributed by atoms with Crippen LogP contribution in [0.2, 0.25) is 0 Å². The Hall–Kier alpha value is -7.30. The Morgan fingerprint density at radius 1 is 0.315 bits per heavy atom. The van der Waals surface area contributed by atoms with Crippen LogP contribution in [-0.2, 0) is 0 Å². The molecule has 4 nitrogen and oxygen atoms in total. The van der Waals surface area contributed by atoms with Crippen molar-refractivity contribution >= 4 is 76.2 Å². The summed E-state index contributed by atoms with van der Waals surface area (Å²) in [5.41, 5.74) is 13.6. The molecule has 0 unspecified atom stereocenters. The molecule has 250 valence electrons. The van der Waals surface area contributed by atoms with E-state index in [9.17, 15) is 0 Å². The van der Waals surface area contributed by atoms with E-state index in [-0.39, 0.29) is 0 Å². The molecule has 12 rings (SSSR count). The van der Waals surface area contributed by atoms with Gasteiger partial charge in [-0.3, -0.25) is 9.97 Å². The number of hydrogen-bond acceptors (Lipinski definition) is 2. The van der Waals surface area contributed by atoms with Gasteiger partial charge < -0.3 is 9.13 Å². The molecule has 0 fully saturated rings. The first kappa shape index (κ1) is 29.3. The van der Waals surface area contributed by atoms with E-state index in [0.29, 0.717) is 0 Å². The van der Waals surface area contributed by atoms with Crippen LogP contribution in [0.4, 0.5) is 0 Å². The van der Waals surface area contributed by atoms with E-state index in [0.717, 1.165) is 44.5 Å². The van der Waals surface area contributed by atoms with Gasteiger partial charge in [-0.05, 0) is 115 Å². The van der Waals surface area contributed by atoms with Gasteiger partial charge in [-0.2, -0.15) is 0 Å². The number of fused-ring (bicyclic) bond motifs is 8. The van der Waals surface area contributed by atoms with E-state index in [1.54, 1.807) is 0 Å². The first-order chi connectivity index (χ1) is 26.8. The fraction of sp³-hybridized carbons (Fsp3) is 0. The highest BCUT2D eigenvalue weighted by molar-refractivity contribution is 6.37. The summed E-state index contributed by atoms with van der Waals surface area (Å²) < 4.78 is 4.75. The fourth-order valence-corrected chi connectivity index (χ4v) is 8.99. The third-order valence-electron chi connectivity index (χ3n) is 11.3. The molecule has 0 atom stereocenters. The Labute approximate surface area is 310 Å². The summed E-state index contributed by atoms with van der Waals surface area (Å²) in [4.78, 5) is 10.0. The van der Waals surface area contributed by atoms with Crippen molar-refractivity contribution in [2.45, 2.75) is 0 Å². The van der Waals surface area contributed by atoms with E-state index in [4.69, 9.17) is 9.97 Å². The number of rotatable bonds is 4. The maximum Gasteiger partial charge on any atom is 0.0969 e. The SMILES string of the molecule is c1ccc(-c2ccc(-n3c4cccnc4c4c5ccc6cc7c(c8ccc(cc43)c5c68)c3ncccc3n7-c3ccc(-c4ccccc4)cc3)cc2)cc1. The molecule has 0 radical (unpaired) electrons. The summed E-state index contributed by atoms with van der Waals surface area (Å²) in [6.45, 7) is 0. The average molecular weight is 687 g/mol. The van der Waals surface area contributed by atoms with Crippen molar-refractivity contribution in [2.75, 3.05) is 0 Å². The maximum absolute atomic E-state index is 5.02. The lowest BCUT2D eigenvalue weighted by Crippen LogP contribution is -1.95. The second-order valence-electron chi connectivity index (χ2n) is 14.2. The van der Waals surface area contributed by atoms with E-state index < -0.39 is 0 Å². The molecule has 0 aliphatic carbocycles. The van der Waals surface area contributed by atoms with Crippen LogP contribution in [-0.4, -0.2) is 19.1 Å². The quantitative estimate of drug-likeness (QED) is 0.173. The lowest BCUT2D eigenvalue weighted by Gasteiger charge is -2.15. The van der Waals surface area contributed by atoms with E-state index in [1.807, 2.05) is 24.5 Å². The molecule has 0 spiro atoms. The summed E-state index contributed by atoms with van der Waals surface area (Å²) in [7, 11) is 0. The summed E-state index contributed by atoms with van der Waals surface area (Å²) in [5.74, 6) is 0. The van der Waals surface area contributed by atoms with Gasteiger partial charge in [-0.15, -0.1) is 0 Å². The van der Waals surface area contributed by atoms with Gasteiger partial charge in [0, 0.05) is 34.5 Å². The topological polar surface area (TPSA) is 35.6 Å². The van der Waals surface area contributed by atoms with Crippen LogP contribution in [0.15, 0.2) is 182 Å². The molecule has 0 amide bonds. The highest BCUT2D eigenvalue weighted by Gasteiger charge is 2.23. The average Bonchev–Trinajstić information content (AvgIpc) is 3.76. The largest absolute Gasteiger partial charge is 0.308 e. The normalized spacial score (nSPS) is 12.1. The Morgan fingerprint density at radius 3 is 1.15 bits per heavy atom. The van der Waals surface area contributed by atoms with Crippen LogP contribution in [0.25, 0.3) is 110 Å². The molecule has 0 bridgehead atoms. The lowest BCUT2D eigenvalue weighted by molar-refractivity contribution is 1.18. The molecular formula is C50H30N4. The van der Waals surface area contributed by atoms with Crippen LogP contribution in [0, 0.1) is 0 Å². The van der Waals surface area contributed by atoms with Gasteiger partial charge in [-0.25, -0.2) is 0 Å². The van der Waals surface area contributed by atoms with Gasteiger partial charge in [0.2, 0.25) is 0 Å². The number of hydrogen-bond donors (Lipinski definition) is 0. The van der Waals surface area contributed by atoms with Gasteiger partial charge in [0.15, 0.2) is 0 Å². The summed E-state index contributed by atoms with van der Waals surface area (Å²) in [6.07, 6.45) is 3.83. The van der Waals surface area contributed by atoms with Gasteiger partial charge in [-0.1, -0.05) is 109 Å². The van der Waals surface area contributed by atoms with E-state index in [2.05, 4.69) is 167 Å². The van der Waals surface area contributed by atoms with Crippen molar-refractivity contribution in [2.24, 2.45) is 0 Å². The minimum atomic E-state index is 1.01. The molecular weight excluding hydrogens is 657 g/mol. The molecule has 0 saturated heterocycles. The first-order valence-corrected chi connectivity index (χ1v) is 18.4. The zero-order valence-electron chi connectivity index (χ0n) is 29.1. The minimum Gasteiger partial charge on any atom is -0.308 e. The van der Waals surface area contributed by atoms with Gasteiger partial charge in [0.1, 0.15) is 0 Å². The van der Waals surface area contributed by atoms with E-state index in [1.165, 1.54) is 65.3 Å². The zero-order valence-corrected chi connectivity index (χ0v) is 29.1. The molecule has 12 aromatic rings. The van der Waals surface area contributed by atoms with Crippen molar-refractivity contribution in [3.05, 3.63) is 182 Å². The number of benzene rings is 8. The maximum atomic E-state index is 5.02. The predicted octanol–water partition coefficient (Wildman–Crippen LogP) is 12.9. The fourth-order valence-electron chi connectivity index (χ4n) is 8.99. The number of nitrogens with zero attached hydrogens (tertiary/aromatic N) is 4. The Kier molecular flexibility index (Phi) is 6.02. The van der Waals surface area contributed by atoms with Crippen LogP contribution in [0.5, 0.6) is 0 Å². The van der Waals surface area contributed by atoms with Crippen molar-refractivity contribution in [1.82, 2.24) is 19.1 Å². The van der Waals surface area contributed by atoms with Crippen LogP contribution < -0.4 is 0 Å². The van der Waals surface area contributed by atoms with Crippen molar-refractivity contribution < 1.29 is 0 Å². The number of pyridine rings is 2. The predicted molar refractivity (Wildman–Crippen MR) is 225 cm³/mol. The molecule has 0 aliphatic rings. The Balaban J connectivity index is 1.11. The van der Waals surface area contributed by atoms with Crippen LogP contribution in [0.3, 0.4) is 0 Å². The van der Waals surface area contributed by atoms with Gasteiger partial charge in [0.25, 0.3) is 0 Å². The molecule has 54 heavy (non-hydrogen) atoms. The Bertz CT molecular complexity index is 3160. The van der Waals surface area contributed by atoms with Crippen molar-refractivity contribution in [3.63, 3.8) is 0 Å². The Morgan fingerprint density at radius 2 is 0.722 bits per heavy atom. The zero-order chi connectivity index (χ0) is 35.3. The van der Waals surface area contributed by atoms with Crippen molar-refractivity contribution in [1.29, 1.82) is 0 Å². The molecule has 4 heteroatoms. The third-order valence-corrected chi connectivity index (χ3v) is 11.3. The van der Waals surface area contributed by atoms with E-state index >= 15 is 0 Å². The monoisotopic (exact) mass is 686 g/mol. The molecule has 4 heterocycles. The second-order valence-corrected chi connectivity index (χ2v) is 14.2. The molecule has 0 N–H and O–H groups in total. The third kappa shape index (κ3) is 4.08. The molecule has 0 saturated carbocycles. The highest BCUT2D eigenvalue weighted by Crippen LogP contribution is 2.46. The molecule has 8 aromatic carbocycles. The first-order valence-electron chi connectivity index (χ1n) is 18.4.